The monoisotopic (exact) mass is 294 g/mol. The highest BCUT2D eigenvalue weighted by molar-refractivity contribution is 5.77. The third-order valence-electron chi connectivity index (χ3n) is 3.59. The summed E-state index contributed by atoms with van der Waals surface area (Å²) in [6.45, 7) is 1.97. The summed E-state index contributed by atoms with van der Waals surface area (Å²) in [6.07, 6.45) is 0.696. The van der Waals surface area contributed by atoms with E-state index in [1.165, 1.54) is 4.68 Å². The Kier molecular flexibility index (Phi) is 3.89. The minimum atomic E-state index is -0.312. The van der Waals surface area contributed by atoms with Crippen molar-refractivity contribution in [3.63, 3.8) is 0 Å². The maximum Gasteiger partial charge on any atom is 0.280 e. The molecule has 1 aromatic heterocycles. The van der Waals surface area contributed by atoms with Crippen LogP contribution in [0.1, 0.15) is 25.2 Å². The number of benzene rings is 2. The van der Waals surface area contributed by atoms with Crippen LogP contribution in [0.4, 0.5) is 5.69 Å². The molecular weight excluding hydrogens is 276 g/mol. The Morgan fingerprint density at radius 3 is 2.55 bits per heavy atom. The van der Waals surface area contributed by atoms with E-state index in [-0.39, 0.29) is 11.6 Å². The van der Waals surface area contributed by atoms with Gasteiger partial charge in [-0.2, -0.15) is 0 Å². The van der Waals surface area contributed by atoms with Crippen molar-refractivity contribution in [2.24, 2.45) is 5.73 Å². The molecule has 0 amide bonds. The summed E-state index contributed by atoms with van der Waals surface area (Å²) < 4.78 is 1.45. The molecule has 1 unspecified atom stereocenters. The summed E-state index contributed by atoms with van der Waals surface area (Å²) in [5.74, 6) is 0.537. The topological polar surface area (TPSA) is 72.9 Å². The molecule has 0 radical (unpaired) electrons. The van der Waals surface area contributed by atoms with Crippen molar-refractivity contribution in [2.45, 2.75) is 19.4 Å². The Bertz CT molecular complexity index is 842. The number of hydrogen-bond donors (Lipinski definition) is 2. The fraction of sp³-hybridized carbons (Fsp3) is 0.176. The van der Waals surface area contributed by atoms with E-state index in [1.807, 2.05) is 55.5 Å². The van der Waals surface area contributed by atoms with E-state index in [0.29, 0.717) is 23.1 Å². The lowest BCUT2D eigenvalue weighted by atomic mass is 10.2. The van der Waals surface area contributed by atoms with Crippen molar-refractivity contribution in [3.8, 4) is 0 Å². The van der Waals surface area contributed by atoms with Crippen molar-refractivity contribution < 1.29 is 0 Å². The maximum atomic E-state index is 12.8. The van der Waals surface area contributed by atoms with Gasteiger partial charge in [0.2, 0.25) is 0 Å². The summed E-state index contributed by atoms with van der Waals surface area (Å²) in [5.41, 5.74) is 10.6. The number of nitrogens with two attached hydrogens (primary N) is 1. The molecule has 3 aromatic rings. The molecule has 0 aliphatic rings. The van der Waals surface area contributed by atoms with E-state index in [1.54, 1.807) is 6.07 Å². The number of hydrogen-bond acceptors (Lipinski definition) is 4. The smallest absolute Gasteiger partial charge is 0.280 e. The molecule has 5 nitrogen and oxygen atoms in total. The Hall–Kier alpha value is -2.66. The highest BCUT2D eigenvalue weighted by Crippen LogP contribution is 2.15. The molecule has 0 fully saturated rings. The highest BCUT2D eigenvalue weighted by atomic mass is 16.1. The number of fused-ring (bicyclic) bond motifs is 1. The molecule has 5 heteroatoms. The van der Waals surface area contributed by atoms with Gasteiger partial charge < -0.3 is 5.73 Å². The first kappa shape index (κ1) is 14.3. The van der Waals surface area contributed by atoms with Gasteiger partial charge >= 0.3 is 0 Å². The van der Waals surface area contributed by atoms with Crippen molar-refractivity contribution in [1.29, 1.82) is 0 Å². The van der Waals surface area contributed by atoms with Gasteiger partial charge in [0.1, 0.15) is 5.82 Å². The van der Waals surface area contributed by atoms with Gasteiger partial charge in [0.05, 0.1) is 22.6 Å². The van der Waals surface area contributed by atoms with Crippen molar-refractivity contribution >= 4 is 16.6 Å². The second-order valence-corrected chi connectivity index (χ2v) is 5.12. The quantitative estimate of drug-likeness (QED) is 0.776. The average Bonchev–Trinajstić information content (AvgIpc) is 2.57. The molecule has 112 valence electrons. The predicted octanol–water partition coefficient (Wildman–Crippen LogP) is 2.68. The molecule has 0 saturated heterocycles. The number of anilines is 1. The molecule has 0 aliphatic heterocycles. The molecule has 1 atom stereocenters. The fourth-order valence-electron chi connectivity index (χ4n) is 2.33. The minimum absolute atomic E-state index is 0.145. The molecular formula is C17H18N4O. The van der Waals surface area contributed by atoms with E-state index in [4.69, 9.17) is 5.73 Å². The van der Waals surface area contributed by atoms with Gasteiger partial charge in [-0.25, -0.2) is 9.66 Å². The number of aromatic nitrogens is 2. The molecule has 2 aromatic carbocycles. The van der Waals surface area contributed by atoms with Crippen LogP contribution in [0.5, 0.6) is 0 Å². The largest absolute Gasteiger partial charge is 0.321 e. The fourth-order valence-corrected chi connectivity index (χ4v) is 2.33. The van der Waals surface area contributed by atoms with Crippen LogP contribution >= 0.6 is 0 Å². The molecule has 22 heavy (non-hydrogen) atoms. The van der Waals surface area contributed by atoms with Gasteiger partial charge in [-0.05, 0) is 30.7 Å². The van der Waals surface area contributed by atoms with E-state index in [0.717, 1.165) is 5.69 Å². The number of nitrogens with zero attached hydrogens (tertiary/aromatic N) is 2. The lowest BCUT2D eigenvalue weighted by Crippen LogP contribution is -2.33. The Morgan fingerprint density at radius 2 is 1.82 bits per heavy atom. The van der Waals surface area contributed by atoms with Crippen LogP contribution in [0.25, 0.3) is 10.9 Å². The minimum Gasteiger partial charge on any atom is -0.321 e. The average molecular weight is 294 g/mol. The second kappa shape index (κ2) is 5.99. The number of para-hydroxylation sites is 2. The highest BCUT2D eigenvalue weighted by Gasteiger charge is 2.15. The van der Waals surface area contributed by atoms with Crippen LogP contribution in [0, 0.1) is 0 Å². The lowest BCUT2D eigenvalue weighted by molar-refractivity contribution is 0.608. The van der Waals surface area contributed by atoms with Gasteiger partial charge in [-0.3, -0.25) is 10.2 Å². The third kappa shape index (κ3) is 2.58. The van der Waals surface area contributed by atoms with E-state index in [2.05, 4.69) is 10.4 Å². The zero-order chi connectivity index (χ0) is 15.5. The van der Waals surface area contributed by atoms with Gasteiger partial charge in [0.15, 0.2) is 0 Å². The normalized spacial score (nSPS) is 12.3. The molecule has 0 saturated carbocycles. The predicted molar refractivity (Wildman–Crippen MR) is 88.7 cm³/mol. The first-order valence-corrected chi connectivity index (χ1v) is 7.30. The summed E-state index contributed by atoms with van der Waals surface area (Å²) in [6, 6.07) is 16.5. The zero-order valence-electron chi connectivity index (χ0n) is 12.4. The number of rotatable bonds is 4. The summed E-state index contributed by atoms with van der Waals surface area (Å²) in [7, 11) is 0. The van der Waals surface area contributed by atoms with Gasteiger partial charge in [0.25, 0.3) is 5.56 Å². The first-order chi connectivity index (χ1) is 10.7. The molecule has 3 rings (SSSR count). The van der Waals surface area contributed by atoms with Gasteiger partial charge in [-0.15, -0.1) is 0 Å². The van der Waals surface area contributed by atoms with Gasteiger partial charge in [0, 0.05) is 0 Å². The Balaban J connectivity index is 2.21. The Morgan fingerprint density at radius 1 is 1.14 bits per heavy atom. The third-order valence-corrected chi connectivity index (χ3v) is 3.59. The van der Waals surface area contributed by atoms with Crippen LogP contribution in [-0.2, 0) is 0 Å². The van der Waals surface area contributed by atoms with Crippen LogP contribution in [0.3, 0.4) is 0 Å². The Labute approximate surface area is 128 Å². The van der Waals surface area contributed by atoms with Crippen LogP contribution in [0.2, 0.25) is 0 Å². The molecule has 0 aliphatic carbocycles. The molecule has 0 bridgehead atoms. The second-order valence-electron chi connectivity index (χ2n) is 5.12. The SMILES string of the molecule is CCC(N)c1nc2ccccc2c(=O)n1Nc1ccccc1. The maximum absolute atomic E-state index is 12.8. The molecule has 3 N–H and O–H groups in total. The summed E-state index contributed by atoms with van der Waals surface area (Å²) >= 11 is 0. The standard InChI is InChI=1S/C17H18N4O/c1-2-14(18)16-19-15-11-7-6-10-13(15)17(22)21(16)20-12-8-4-3-5-9-12/h3-11,14,20H,2,18H2,1H3. The zero-order valence-corrected chi connectivity index (χ0v) is 12.4. The first-order valence-electron chi connectivity index (χ1n) is 7.30. The lowest BCUT2D eigenvalue weighted by Gasteiger charge is -2.18. The van der Waals surface area contributed by atoms with E-state index < -0.39 is 0 Å². The molecule has 0 spiro atoms. The van der Waals surface area contributed by atoms with Gasteiger partial charge in [-0.1, -0.05) is 37.3 Å². The summed E-state index contributed by atoms with van der Waals surface area (Å²) in [5, 5.41) is 0.568. The van der Waals surface area contributed by atoms with Crippen LogP contribution in [0.15, 0.2) is 59.4 Å². The van der Waals surface area contributed by atoms with E-state index >= 15 is 0 Å². The van der Waals surface area contributed by atoms with Crippen LogP contribution < -0.4 is 16.7 Å². The van der Waals surface area contributed by atoms with Crippen molar-refractivity contribution in [2.75, 3.05) is 5.43 Å². The van der Waals surface area contributed by atoms with Crippen molar-refractivity contribution in [3.05, 3.63) is 70.8 Å². The molecule has 1 heterocycles. The van der Waals surface area contributed by atoms with E-state index in [9.17, 15) is 4.79 Å². The van der Waals surface area contributed by atoms with Crippen LogP contribution in [-0.4, -0.2) is 9.66 Å². The summed E-state index contributed by atoms with van der Waals surface area (Å²) in [4.78, 5) is 17.4. The number of nitrogens with one attached hydrogen (secondary N) is 1. The van der Waals surface area contributed by atoms with Crippen molar-refractivity contribution in [1.82, 2.24) is 9.66 Å².